The average Bonchev–Trinajstić information content (AvgIpc) is 2.51. The minimum atomic E-state index is -5.14. The molecule has 1 atom stereocenters. The molecule has 1 aromatic rings. The smallest absolute Gasteiger partial charge is 0.481 e. The summed E-state index contributed by atoms with van der Waals surface area (Å²) in [4.78, 5) is 26.1. The molecule has 0 aliphatic heterocycles. The number of hydrogen-bond acceptors (Lipinski definition) is 5. The lowest BCUT2D eigenvalue weighted by molar-refractivity contribution is 0.191. The minimum absolute atomic E-state index is 0.0110. The number of rotatable bonds is 11. The van der Waals surface area contributed by atoms with E-state index in [4.69, 9.17) is 19.4 Å². The van der Waals surface area contributed by atoms with E-state index in [-0.39, 0.29) is 13.2 Å². The molecule has 158 valence electrons. The van der Waals surface area contributed by atoms with Crippen LogP contribution in [0.1, 0.15) is 26.7 Å². The summed E-state index contributed by atoms with van der Waals surface area (Å²) in [5.41, 5.74) is 1.53. The number of phosphoric ester groups is 1. The SMILES string of the molecule is C/C(=C\COP(=O)(O)OP(=O)(O)O)CC/C=C(\C)COc1c(F)cccc1F. The highest BCUT2D eigenvalue weighted by molar-refractivity contribution is 7.60. The van der Waals surface area contributed by atoms with Gasteiger partial charge in [0, 0.05) is 0 Å². The molecule has 8 nitrogen and oxygen atoms in total. The number of phosphoric acid groups is 2. The average molecular weight is 442 g/mol. The Kier molecular flexibility index (Phi) is 9.66. The second-order valence-electron chi connectivity index (χ2n) is 5.82. The molecule has 12 heteroatoms. The van der Waals surface area contributed by atoms with E-state index in [0.29, 0.717) is 12.8 Å². The molecule has 0 saturated heterocycles. The van der Waals surface area contributed by atoms with Gasteiger partial charge in [0.25, 0.3) is 0 Å². The van der Waals surface area contributed by atoms with E-state index < -0.39 is 33.0 Å². The summed E-state index contributed by atoms with van der Waals surface area (Å²) in [6, 6.07) is 3.45. The van der Waals surface area contributed by atoms with E-state index in [1.807, 2.05) is 6.08 Å². The van der Waals surface area contributed by atoms with Crippen LogP contribution in [0.25, 0.3) is 0 Å². The fourth-order valence-electron chi connectivity index (χ4n) is 1.95. The van der Waals surface area contributed by atoms with Gasteiger partial charge in [-0.3, -0.25) is 4.52 Å². The van der Waals surface area contributed by atoms with Crippen LogP contribution in [0.15, 0.2) is 41.5 Å². The van der Waals surface area contributed by atoms with Crippen LogP contribution in [-0.2, 0) is 18.0 Å². The zero-order valence-electron chi connectivity index (χ0n) is 15.2. The zero-order chi connectivity index (χ0) is 21.4. The fraction of sp³-hybridized carbons (Fsp3) is 0.375. The van der Waals surface area contributed by atoms with Gasteiger partial charge in [0.2, 0.25) is 0 Å². The first-order valence-corrected chi connectivity index (χ1v) is 11.0. The predicted molar refractivity (Wildman–Crippen MR) is 97.5 cm³/mol. The third-order valence-electron chi connectivity index (χ3n) is 3.27. The molecule has 0 spiro atoms. The van der Waals surface area contributed by atoms with Crippen LogP contribution in [0, 0.1) is 11.6 Å². The Morgan fingerprint density at radius 1 is 1.07 bits per heavy atom. The second kappa shape index (κ2) is 11.0. The molecule has 0 heterocycles. The molecular weight excluding hydrogens is 420 g/mol. The normalized spacial score (nSPS) is 15.4. The predicted octanol–water partition coefficient (Wildman–Crippen LogP) is 4.24. The molecule has 0 saturated carbocycles. The lowest BCUT2D eigenvalue weighted by Crippen LogP contribution is -2.02. The first-order valence-electron chi connectivity index (χ1n) is 8.02. The van der Waals surface area contributed by atoms with Gasteiger partial charge in [-0.15, -0.1) is 0 Å². The van der Waals surface area contributed by atoms with E-state index in [0.717, 1.165) is 23.3 Å². The van der Waals surface area contributed by atoms with Crippen molar-refractivity contribution in [2.75, 3.05) is 13.2 Å². The summed E-state index contributed by atoms with van der Waals surface area (Å²) >= 11 is 0. The molecule has 0 aliphatic carbocycles. The van der Waals surface area contributed by atoms with E-state index in [2.05, 4.69) is 8.83 Å². The first kappa shape index (κ1) is 24.7. The molecule has 0 radical (unpaired) electrons. The Morgan fingerprint density at radius 2 is 1.68 bits per heavy atom. The zero-order valence-corrected chi connectivity index (χ0v) is 17.0. The standard InChI is InChI=1S/C16H22F2O8P2/c1-12(9-10-25-28(22,23)26-27(19,20)21)5-3-6-13(2)11-24-16-14(17)7-4-8-15(16)18/h4,6-9H,3,5,10-11H2,1-2H3,(H,22,23)(H2,19,20,21)/b12-9+,13-6+. The number of ether oxygens (including phenoxy) is 1. The number of para-hydroxylation sites is 1. The van der Waals surface area contributed by atoms with Gasteiger partial charge < -0.3 is 19.4 Å². The second-order valence-corrected chi connectivity index (χ2v) is 8.65. The summed E-state index contributed by atoms with van der Waals surface area (Å²) < 4.78 is 61.9. The maximum Gasteiger partial charge on any atom is 0.481 e. The van der Waals surface area contributed by atoms with Crippen molar-refractivity contribution >= 4 is 15.6 Å². The summed E-state index contributed by atoms with van der Waals surface area (Å²) in [5.74, 6) is -2.00. The van der Waals surface area contributed by atoms with Crippen LogP contribution in [0.5, 0.6) is 5.75 Å². The minimum Gasteiger partial charge on any atom is -0.483 e. The first-order chi connectivity index (χ1) is 12.9. The van der Waals surface area contributed by atoms with Gasteiger partial charge in [0.05, 0.1) is 6.61 Å². The molecule has 1 unspecified atom stereocenters. The van der Waals surface area contributed by atoms with Crippen molar-refractivity contribution < 1.29 is 46.2 Å². The number of allylic oxidation sites excluding steroid dienone is 2. The maximum atomic E-state index is 13.5. The molecular formula is C16H22F2O8P2. The lowest BCUT2D eigenvalue weighted by atomic mass is 10.1. The number of halogens is 2. The van der Waals surface area contributed by atoms with Gasteiger partial charge in [0.15, 0.2) is 17.4 Å². The third-order valence-corrected chi connectivity index (χ3v) is 5.43. The van der Waals surface area contributed by atoms with Gasteiger partial charge in [-0.2, -0.15) is 4.31 Å². The maximum absolute atomic E-state index is 13.5. The van der Waals surface area contributed by atoms with Crippen molar-refractivity contribution in [2.24, 2.45) is 0 Å². The van der Waals surface area contributed by atoms with Crippen LogP contribution in [0.3, 0.4) is 0 Å². The molecule has 3 N–H and O–H groups in total. The summed E-state index contributed by atoms with van der Waals surface area (Å²) in [6.07, 6.45) is 4.38. The molecule has 0 amide bonds. The highest BCUT2D eigenvalue weighted by Gasteiger charge is 2.31. The molecule has 1 aromatic carbocycles. The van der Waals surface area contributed by atoms with Crippen molar-refractivity contribution in [3.63, 3.8) is 0 Å². The van der Waals surface area contributed by atoms with Crippen LogP contribution < -0.4 is 4.74 Å². The Balaban J connectivity index is 2.41. The summed E-state index contributed by atoms with van der Waals surface area (Å²) in [7, 11) is -10.00. The van der Waals surface area contributed by atoms with Crippen molar-refractivity contribution in [1.29, 1.82) is 0 Å². The van der Waals surface area contributed by atoms with Crippen molar-refractivity contribution in [3.8, 4) is 5.75 Å². The number of benzene rings is 1. The van der Waals surface area contributed by atoms with E-state index >= 15 is 0 Å². The Hall–Kier alpha value is -1.38. The quantitative estimate of drug-likeness (QED) is 0.344. The molecule has 28 heavy (non-hydrogen) atoms. The Morgan fingerprint density at radius 3 is 2.25 bits per heavy atom. The monoisotopic (exact) mass is 442 g/mol. The topological polar surface area (TPSA) is 123 Å². The van der Waals surface area contributed by atoms with Gasteiger partial charge in [-0.1, -0.05) is 23.8 Å². The van der Waals surface area contributed by atoms with Crippen molar-refractivity contribution in [2.45, 2.75) is 26.7 Å². The highest BCUT2D eigenvalue weighted by atomic mass is 31.3. The third kappa shape index (κ3) is 10.2. The van der Waals surface area contributed by atoms with Crippen LogP contribution in [-0.4, -0.2) is 27.9 Å². The van der Waals surface area contributed by atoms with Gasteiger partial charge in [0.1, 0.15) is 6.61 Å². The fourth-order valence-corrected chi connectivity index (χ4v) is 3.47. The van der Waals surface area contributed by atoms with Crippen LogP contribution in [0.2, 0.25) is 0 Å². The van der Waals surface area contributed by atoms with Gasteiger partial charge >= 0.3 is 15.6 Å². The van der Waals surface area contributed by atoms with Crippen LogP contribution >= 0.6 is 15.6 Å². The molecule has 0 bridgehead atoms. The van der Waals surface area contributed by atoms with Gasteiger partial charge in [-0.25, -0.2) is 17.9 Å². The van der Waals surface area contributed by atoms with E-state index in [1.165, 1.54) is 12.1 Å². The molecule has 0 fully saturated rings. The van der Waals surface area contributed by atoms with E-state index in [9.17, 15) is 17.9 Å². The highest BCUT2D eigenvalue weighted by Crippen LogP contribution is 2.57. The Labute approximate surface area is 161 Å². The lowest BCUT2D eigenvalue weighted by Gasteiger charge is -2.11. The van der Waals surface area contributed by atoms with E-state index in [1.54, 1.807) is 13.8 Å². The van der Waals surface area contributed by atoms with Crippen molar-refractivity contribution in [1.82, 2.24) is 0 Å². The molecule has 0 aromatic heterocycles. The largest absolute Gasteiger partial charge is 0.483 e. The van der Waals surface area contributed by atoms with Crippen LogP contribution in [0.4, 0.5) is 8.78 Å². The summed E-state index contributed by atoms with van der Waals surface area (Å²) in [6.45, 7) is 3.10. The Bertz CT molecular complexity index is 799. The van der Waals surface area contributed by atoms with Crippen molar-refractivity contribution in [3.05, 3.63) is 53.1 Å². The number of hydrogen-bond donors (Lipinski definition) is 3. The van der Waals surface area contributed by atoms with Gasteiger partial charge in [-0.05, 0) is 44.4 Å². The molecule has 1 rings (SSSR count). The molecule has 0 aliphatic rings. The summed E-state index contributed by atoms with van der Waals surface area (Å²) in [5, 5.41) is 0.